The molecule has 1 aromatic heterocycles. The van der Waals surface area contributed by atoms with Gasteiger partial charge in [-0.25, -0.2) is 0 Å². The molecule has 1 heterocycles. The van der Waals surface area contributed by atoms with Gasteiger partial charge in [0.15, 0.2) is 0 Å². The molecule has 0 bridgehead atoms. The van der Waals surface area contributed by atoms with Crippen LogP contribution in [0.15, 0.2) is 48.7 Å². The van der Waals surface area contributed by atoms with Crippen LogP contribution in [0.5, 0.6) is 0 Å². The van der Waals surface area contributed by atoms with Gasteiger partial charge in [-0.05, 0) is 29.8 Å². The zero-order chi connectivity index (χ0) is 14.6. The lowest BCUT2D eigenvalue weighted by molar-refractivity contribution is -0.137. The molecular weight excluding hydrogens is 265 g/mol. The van der Waals surface area contributed by atoms with Crippen LogP contribution in [0.25, 0.3) is 11.6 Å². The van der Waals surface area contributed by atoms with Gasteiger partial charge in [-0.2, -0.15) is 18.4 Å². The number of nitrogens with zero attached hydrogens (tertiary/aromatic N) is 2. The number of hydrogen-bond donors (Lipinski definition) is 0. The minimum absolute atomic E-state index is 0.0535. The summed E-state index contributed by atoms with van der Waals surface area (Å²) in [5, 5.41) is 9.09. The van der Waals surface area contributed by atoms with Crippen LogP contribution < -0.4 is 0 Å². The number of halogens is 3. The third kappa shape index (κ3) is 3.04. The Morgan fingerprint density at radius 1 is 1.10 bits per heavy atom. The highest BCUT2D eigenvalue weighted by atomic mass is 19.4. The van der Waals surface area contributed by atoms with Crippen LogP contribution in [-0.2, 0) is 6.18 Å². The van der Waals surface area contributed by atoms with Crippen molar-refractivity contribution in [2.75, 3.05) is 0 Å². The third-order valence-corrected chi connectivity index (χ3v) is 2.63. The van der Waals surface area contributed by atoms with Crippen LogP contribution in [0.2, 0.25) is 0 Å². The molecule has 1 aromatic carbocycles. The van der Waals surface area contributed by atoms with Gasteiger partial charge in [0.1, 0.15) is 6.07 Å². The molecule has 20 heavy (non-hydrogen) atoms. The van der Waals surface area contributed by atoms with Gasteiger partial charge in [-0.1, -0.05) is 24.3 Å². The molecule has 0 saturated carbocycles. The first-order valence-corrected chi connectivity index (χ1v) is 5.72. The second-order valence-electron chi connectivity index (χ2n) is 3.97. The van der Waals surface area contributed by atoms with E-state index in [1.165, 1.54) is 30.5 Å². The SMILES string of the molecule is N#C/C(=C/c1ccccc1C(F)(F)F)c1ccccn1. The van der Waals surface area contributed by atoms with Crippen LogP contribution in [0.1, 0.15) is 16.8 Å². The molecule has 0 unspecified atom stereocenters. The summed E-state index contributed by atoms with van der Waals surface area (Å²) in [6, 6.07) is 11.9. The average Bonchev–Trinajstić information content (AvgIpc) is 2.45. The lowest BCUT2D eigenvalue weighted by Gasteiger charge is -2.10. The summed E-state index contributed by atoms with van der Waals surface area (Å²) < 4.78 is 38.6. The van der Waals surface area contributed by atoms with Crippen molar-refractivity contribution in [1.29, 1.82) is 5.26 Å². The topological polar surface area (TPSA) is 36.7 Å². The molecule has 2 aromatic rings. The Morgan fingerprint density at radius 2 is 1.80 bits per heavy atom. The van der Waals surface area contributed by atoms with E-state index in [1.54, 1.807) is 18.2 Å². The smallest absolute Gasteiger partial charge is 0.256 e. The number of rotatable bonds is 2. The molecule has 0 fully saturated rings. The first-order chi connectivity index (χ1) is 9.52. The predicted octanol–water partition coefficient (Wildman–Crippen LogP) is 4.16. The maximum atomic E-state index is 12.9. The Labute approximate surface area is 113 Å². The number of alkyl halides is 3. The molecule has 100 valence electrons. The molecule has 0 radical (unpaired) electrons. The number of allylic oxidation sites excluding steroid dienone is 1. The standard InChI is InChI=1S/C15H9F3N2/c16-15(17,18)13-6-2-1-5-11(13)9-12(10-19)14-7-3-4-8-20-14/h1-9H/b12-9-. The number of hydrogen-bond acceptors (Lipinski definition) is 2. The van der Waals surface area contributed by atoms with Gasteiger partial charge in [0, 0.05) is 6.20 Å². The molecule has 0 spiro atoms. The zero-order valence-corrected chi connectivity index (χ0v) is 10.2. The van der Waals surface area contributed by atoms with E-state index in [4.69, 9.17) is 5.26 Å². The van der Waals surface area contributed by atoms with Crippen molar-refractivity contribution in [3.63, 3.8) is 0 Å². The fraction of sp³-hybridized carbons (Fsp3) is 0.0667. The van der Waals surface area contributed by atoms with Gasteiger partial charge in [0.2, 0.25) is 0 Å². The molecule has 0 aliphatic rings. The Hall–Kier alpha value is -2.61. The number of pyridine rings is 1. The summed E-state index contributed by atoms with van der Waals surface area (Å²) >= 11 is 0. The summed E-state index contributed by atoms with van der Waals surface area (Å²) in [7, 11) is 0. The summed E-state index contributed by atoms with van der Waals surface area (Å²) in [5.74, 6) is 0. The van der Waals surface area contributed by atoms with Gasteiger partial charge in [-0.3, -0.25) is 4.98 Å². The number of nitriles is 1. The Morgan fingerprint density at radius 3 is 2.40 bits per heavy atom. The summed E-state index contributed by atoms with van der Waals surface area (Å²) in [6.45, 7) is 0. The lowest BCUT2D eigenvalue weighted by Crippen LogP contribution is -2.07. The van der Waals surface area contributed by atoms with Crippen LogP contribution in [-0.4, -0.2) is 4.98 Å². The van der Waals surface area contributed by atoms with Crippen molar-refractivity contribution < 1.29 is 13.2 Å². The van der Waals surface area contributed by atoms with E-state index >= 15 is 0 Å². The van der Waals surface area contributed by atoms with Crippen molar-refractivity contribution in [3.05, 3.63) is 65.5 Å². The van der Waals surface area contributed by atoms with E-state index in [2.05, 4.69) is 4.98 Å². The predicted molar refractivity (Wildman–Crippen MR) is 69.2 cm³/mol. The molecule has 0 N–H and O–H groups in total. The van der Waals surface area contributed by atoms with E-state index in [1.807, 2.05) is 6.07 Å². The summed E-state index contributed by atoms with van der Waals surface area (Å²) in [6.07, 6.45) is -1.78. The second kappa shape index (κ2) is 5.57. The van der Waals surface area contributed by atoms with Crippen molar-refractivity contribution >= 4 is 11.6 Å². The molecule has 0 aliphatic heterocycles. The Balaban J connectivity index is 2.53. The minimum Gasteiger partial charge on any atom is -0.256 e. The molecule has 2 rings (SSSR count). The molecular formula is C15H9F3N2. The maximum Gasteiger partial charge on any atom is 0.416 e. The summed E-state index contributed by atoms with van der Waals surface area (Å²) in [4.78, 5) is 3.97. The van der Waals surface area contributed by atoms with E-state index in [0.717, 1.165) is 6.07 Å². The molecule has 2 nitrogen and oxygen atoms in total. The molecule has 0 saturated heterocycles. The van der Waals surface area contributed by atoms with E-state index in [0.29, 0.717) is 5.69 Å². The van der Waals surface area contributed by atoms with Crippen LogP contribution >= 0.6 is 0 Å². The Bertz CT molecular complexity index is 668. The first-order valence-electron chi connectivity index (χ1n) is 5.72. The fourth-order valence-electron chi connectivity index (χ4n) is 1.72. The lowest BCUT2D eigenvalue weighted by atomic mass is 10.0. The van der Waals surface area contributed by atoms with E-state index < -0.39 is 11.7 Å². The molecule has 0 aliphatic carbocycles. The molecule has 0 atom stereocenters. The van der Waals surface area contributed by atoms with Crippen molar-refractivity contribution in [2.24, 2.45) is 0 Å². The van der Waals surface area contributed by atoms with Gasteiger partial charge in [0.05, 0.1) is 16.8 Å². The van der Waals surface area contributed by atoms with E-state index in [-0.39, 0.29) is 11.1 Å². The van der Waals surface area contributed by atoms with Gasteiger partial charge >= 0.3 is 6.18 Å². The quantitative estimate of drug-likeness (QED) is 0.771. The van der Waals surface area contributed by atoms with Gasteiger partial charge in [-0.15, -0.1) is 0 Å². The maximum absolute atomic E-state index is 12.9. The highest BCUT2D eigenvalue weighted by Crippen LogP contribution is 2.33. The first kappa shape index (κ1) is 13.8. The van der Waals surface area contributed by atoms with Crippen molar-refractivity contribution in [3.8, 4) is 6.07 Å². The summed E-state index contributed by atoms with van der Waals surface area (Å²) in [5.41, 5.74) is -0.403. The van der Waals surface area contributed by atoms with Crippen LogP contribution in [0.4, 0.5) is 13.2 Å². The third-order valence-electron chi connectivity index (χ3n) is 2.63. The highest BCUT2D eigenvalue weighted by Gasteiger charge is 2.32. The fourth-order valence-corrected chi connectivity index (χ4v) is 1.72. The highest BCUT2D eigenvalue weighted by molar-refractivity contribution is 5.88. The van der Waals surface area contributed by atoms with Crippen molar-refractivity contribution in [2.45, 2.75) is 6.18 Å². The number of benzene rings is 1. The largest absolute Gasteiger partial charge is 0.416 e. The monoisotopic (exact) mass is 274 g/mol. The van der Waals surface area contributed by atoms with Crippen molar-refractivity contribution in [1.82, 2.24) is 4.98 Å². The van der Waals surface area contributed by atoms with Gasteiger partial charge in [0.25, 0.3) is 0 Å². The molecule has 0 amide bonds. The van der Waals surface area contributed by atoms with Crippen LogP contribution in [0.3, 0.4) is 0 Å². The number of aromatic nitrogens is 1. The Kier molecular flexibility index (Phi) is 3.85. The van der Waals surface area contributed by atoms with Crippen LogP contribution in [0, 0.1) is 11.3 Å². The second-order valence-corrected chi connectivity index (χ2v) is 3.97. The van der Waals surface area contributed by atoms with E-state index in [9.17, 15) is 13.2 Å². The minimum atomic E-state index is -4.46. The molecule has 5 heteroatoms. The normalized spacial score (nSPS) is 12.0. The van der Waals surface area contributed by atoms with Gasteiger partial charge < -0.3 is 0 Å². The average molecular weight is 274 g/mol. The zero-order valence-electron chi connectivity index (χ0n) is 10.2.